The van der Waals surface area contributed by atoms with Gasteiger partial charge in [0.1, 0.15) is 11.6 Å². The largest absolute Gasteiger partial charge is 0.492 e. The van der Waals surface area contributed by atoms with Gasteiger partial charge in [-0.1, -0.05) is 11.8 Å². The molecule has 0 unspecified atom stereocenters. The van der Waals surface area contributed by atoms with Crippen molar-refractivity contribution < 1.29 is 13.5 Å². The zero-order valence-electron chi connectivity index (χ0n) is 9.31. The Morgan fingerprint density at radius 3 is 2.88 bits per heavy atom. The van der Waals surface area contributed by atoms with Crippen molar-refractivity contribution in [2.75, 3.05) is 19.2 Å². The molecule has 4 heteroatoms. The van der Waals surface area contributed by atoms with E-state index in [0.29, 0.717) is 30.0 Å². The molecule has 0 aliphatic carbocycles. The predicted octanol–water partition coefficient (Wildman–Crippen LogP) is 3.54. The molecule has 1 aromatic carbocycles. The third-order valence-corrected chi connectivity index (χ3v) is 2.11. The Bertz CT molecular complexity index is 410. The fourth-order valence-electron chi connectivity index (χ4n) is 1.17. The standard InChI is InChI=1S/C13H13ClF2O/c14-7-2-1-4-11-10-12(16)5-6-13(11)17-9-3-8-15/h5-6,10H,2-3,7-9H2. The van der Waals surface area contributed by atoms with Crippen molar-refractivity contribution in [3.05, 3.63) is 29.6 Å². The van der Waals surface area contributed by atoms with Crippen LogP contribution in [-0.4, -0.2) is 19.2 Å². The summed E-state index contributed by atoms with van der Waals surface area (Å²) < 4.78 is 30.3. The maximum absolute atomic E-state index is 13.0. The molecule has 0 fully saturated rings. The van der Waals surface area contributed by atoms with E-state index in [2.05, 4.69) is 11.8 Å². The summed E-state index contributed by atoms with van der Waals surface area (Å²) in [7, 11) is 0. The second kappa shape index (κ2) is 7.92. The van der Waals surface area contributed by atoms with E-state index in [4.69, 9.17) is 16.3 Å². The zero-order valence-corrected chi connectivity index (χ0v) is 10.1. The number of ether oxygens (including phenoxy) is 1. The number of benzene rings is 1. The molecule has 0 aliphatic rings. The molecule has 0 aromatic heterocycles. The molecule has 0 spiro atoms. The lowest BCUT2D eigenvalue weighted by Crippen LogP contribution is -2.00. The lowest BCUT2D eigenvalue weighted by Gasteiger charge is -2.07. The fraction of sp³-hybridized carbons (Fsp3) is 0.385. The molecule has 0 aliphatic heterocycles. The zero-order chi connectivity index (χ0) is 12.5. The van der Waals surface area contributed by atoms with Gasteiger partial charge in [0.25, 0.3) is 0 Å². The summed E-state index contributed by atoms with van der Waals surface area (Å²) >= 11 is 5.49. The van der Waals surface area contributed by atoms with Crippen LogP contribution in [0.25, 0.3) is 0 Å². The SMILES string of the molecule is FCCCOc1ccc(F)cc1C#CCCCl. The van der Waals surface area contributed by atoms with Crippen LogP contribution in [0.15, 0.2) is 18.2 Å². The minimum absolute atomic E-state index is 0.256. The molecule has 1 nitrogen and oxygen atoms in total. The van der Waals surface area contributed by atoms with Gasteiger partial charge in [-0.05, 0) is 18.2 Å². The van der Waals surface area contributed by atoms with Gasteiger partial charge in [0, 0.05) is 18.7 Å². The molecule has 0 heterocycles. The topological polar surface area (TPSA) is 9.23 Å². The van der Waals surface area contributed by atoms with Crippen molar-refractivity contribution >= 4 is 11.6 Å². The van der Waals surface area contributed by atoms with Crippen LogP contribution in [0.2, 0.25) is 0 Å². The summed E-state index contributed by atoms with van der Waals surface area (Å²) in [6.45, 7) is -0.180. The van der Waals surface area contributed by atoms with E-state index in [1.54, 1.807) is 0 Å². The van der Waals surface area contributed by atoms with Gasteiger partial charge in [0.2, 0.25) is 0 Å². The van der Waals surface area contributed by atoms with Crippen molar-refractivity contribution in [1.29, 1.82) is 0 Å². The predicted molar refractivity (Wildman–Crippen MR) is 64.7 cm³/mol. The Morgan fingerprint density at radius 1 is 1.35 bits per heavy atom. The molecule has 0 saturated carbocycles. The van der Waals surface area contributed by atoms with Gasteiger partial charge < -0.3 is 4.74 Å². The first kappa shape index (κ1) is 13.8. The number of hydrogen-bond acceptors (Lipinski definition) is 1. The highest BCUT2D eigenvalue weighted by molar-refractivity contribution is 6.18. The average molecular weight is 259 g/mol. The van der Waals surface area contributed by atoms with Gasteiger partial charge >= 0.3 is 0 Å². The van der Waals surface area contributed by atoms with E-state index < -0.39 is 6.67 Å². The van der Waals surface area contributed by atoms with Crippen molar-refractivity contribution in [2.24, 2.45) is 0 Å². The molecule has 0 atom stereocenters. The quantitative estimate of drug-likeness (QED) is 0.446. The summed E-state index contributed by atoms with van der Waals surface area (Å²) in [5.41, 5.74) is 0.467. The van der Waals surface area contributed by atoms with E-state index in [9.17, 15) is 8.78 Å². The molecule has 0 bridgehead atoms. The van der Waals surface area contributed by atoms with Crippen LogP contribution in [-0.2, 0) is 0 Å². The molecule has 0 radical (unpaired) electrons. The van der Waals surface area contributed by atoms with Crippen LogP contribution >= 0.6 is 11.6 Å². The molecule has 17 heavy (non-hydrogen) atoms. The minimum Gasteiger partial charge on any atom is -0.492 e. The van der Waals surface area contributed by atoms with Crippen molar-refractivity contribution in [3.8, 4) is 17.6 Å². The molecule has 0 saturated heterocycles. The van der Waals surface area contributed by atoms with Gasteiger partial charge in [-0.2, -0.15) is 0 Å². The first-order chi connectivity index (χ1) is 8.27. The van der Waals surface area contributed by atoms with E-state index in [0.717, 1.165) is 0 Å². The summed E-state index contributed by atoms with van der Waals surface area (Å²) in [6, 6.07) is 4.09. The van der Waals surface area contributed by atoms with Gasteiger partial charge in [0.15, 0.2) is 0 Å². The van der Waals surface area contributed by atoms with Gasteiger partial charge in [0.05, 0.1) is 18.8 Å². The van der Waals surface area contributed by atoms with Gasteiger partial charge in [-0.25, -0.2) is 4.39 Å². The highest BCUT2D eigenvalue weighted by Gasteiger charge is 2.03. The van der Waals surface area contributed by atoms with E-state index in [1.165, 1.54) is 18.2 Å². The molecule has 92 valence electrons. The third kappa shape index (κ3) is 5.06. The molecular weight excluding hydrogens is 246 g/mol. The summed E-state index contributed by atoms with van der Waals surface area (Å²) in [4.78, 5) is 0. The molecule has 0 amide bonds. The monoisotopic (exact) mass is 258 g/mol. The van der Waals surface area contributed by atoms with Crippen LogP contribution in [0.4, 0.5) is 8.78 Å². The fourth-order valence-corrected chi connectivity index (χ4v) is 1.26. The minimum atomic E-state index is -0.436. The van der Waals surface area contributed by atoms with Crippen LogP contribution in [0.3, 0.4) is 0 Å². The highest BCUT2D eigenvalue weighted by atomic mass is 35.5. The Hall–Kier alpha value is -1.27. The van der Waals surface area contributed by atoms with Crippen LogP contribution in [0.5, 0.6) is 5.75 Å². The number of halogens is 3. The van der Waals surface area contributed by atoms with Crippen molar-refractivity contribution in [2.45, 2.75) is 12.8 Å². The van der Waals surface area contributed by atoms with Crippen LogP contribution < -0.4 is 4.74 Å². The second-order valence-electron chi connectivity index (χ2n) is 3.27. The summed E-state index contributed by atoms with van der Waals surface area (Å²) in [6.07, 6.45) is 0.841. The van der Waals surface area contributed by atoms with Crippen LogP contribution in [0, 0.1) is 17.7 Å². The highest BCUT2D eigenvalue weighted by Crippen LogP contribution is 2.19. The van der Waals surface area contributed by atoms with Crippen LogP contribution in [0.1, 0.15) is 18.4 Å². The summed E-state index contributed by atoms with van der Waals surface area (Å²) in [5.74, 6) is 6.12. The number of rotatable bonds is 5. The molecule has 1 aromatic rings. The van der Waals surface area contributed by atoms with E-state index in [-0.39, 0.29) is 12.4 Å². The first-order valence-corrected chi connectivity index (χ1v) is 5.84. The maximum atomic E-state index is 13.0. The Balaban J connectivity index is 2.77. The number of alkyl halides is 2. The van der Waals surface area contributed by atoms with E-state index >= 15 is 0 Å². The Morgan fingerprint density at radius 2 is 2.18 bits per heavy atom. The lowest BCUT2D eigenvalue weighted by atomic mass is 10.2. The smallest absolute Gasteiger partial charge is 0.135 e. The maximum Gasteiger partial charge on any atom is 0.135 e. The second-order valence-corrected chi connectivity index (χ2v) is 3.65. The number of hydrogen-bond donors (Lipinski definition) is 0. The lowest BCUT2D eigenvalue weighted by molar-refractivity contribution is 0.288. The van der Waals surface area contributed by atoms with Gasteiger partial charge in [-0.15, -0.1) is 11.6 Å². The van der Waals surface area contributed by atoms with Gasteiger partial charge in [-0.3, -0.25) is 4.39 Å². The first-order valence-electron chi connectivity index (χ1n) is 5.31. The molecule has 0 N–H and O–H groups in total. The molecular formula is C13H13ClF2O. The Kier molecular flexibility index (Phi) is 6.42. The van der Waals surface area contributed by atoms with E-state index in [1.807, 2.05) is 0 Å². The Labute approximate surface area is 105 Å². The average Bonchev–Trinajstić information content (AvgIpc) is 2.32. The normalized spacial score (nSPS) is 9.59. The van der Waals surface area contributed by atoms with Crippen molar-refractivity contribution in [1.82, 2.24) is 0 Å². The van der Waals surface area contributed by atoms with Crippen molar-refractivity contribution in [3.63, 3.8) is 0 Å². The molecule has 1 rings (SSSR count). The summed E-state index contributed by atoms with van der Waals surface area (Å²) in [5, 5.41) is 0. The third-order valence-electron chi connectivity index (χ3n) is 1.92.